The van der Waals surface area contributed by atoms with Crippen LogP contribution in [0.2, 0.25) is 0 Å². The molecule has 3 rings (SSSR count). The van der Waals surface area contributed by atoms with Crippen molar-refractivity contribution in [3.63, 3.8) is 0 Å². The summed E-state index contributed by atoms with van der Waals surface area (Å²) in [6, 6.07) is 8.72. The van der Waals surface area contributed by atoms with Crippen molar-refractivity contribution in [2.75, 3.05) is 40.9 Å². The van der Waals surface area contributed by atoms with Crippen molar-refractivity contribution in [1.82, 2.24) is 4.57 Å². The van der Waals surface area contributed by atoms with Crippen LogP contribution in [0.15, 0.2) is 30.3 Å². The molecule has 0 bridgehead atoms. The van der Waals surface area contributed by atoms with Crippen molar-refractivity contribution in [3.05, 3.63) is 36.0 Å². The summed E-state index contributed by atoms with van der Waals surface area (Å²) in [6.45, 7) is 0. The first-order chi connectivity index (χ1) is 14.0. The SMILES string of the molecule is COc1cc(NC(=O)c2cc3c(OC)ccc(OC)c3n2C)cc(OC)c1OC. The van der Waals surface area contributed by atoms with Gasteiger partial charge in [0, 0.05) is 30.3 Å². The molecule has 2 aromatic carbocycles. The highest BCUT2D eigenvalue weighted by Crippen LogP contribution is 2.40. The van der Waals surface area contributed by atoms with E-state index in [-0.39, 0.29) is 5.91 Å². The Labute approximate surface area is 168 Å². The summed E-state index contributed by atoms with van der Waals surface area (Å²) in [5.74, 6) is 2.34. The van der Waals surface area contributed by atoms with E-state index in [0.717, 1.165) is 10.9 Å². The van der Waals surface area contributed by atoms with E-state index in [1.807, 2.05) is 12.1 Å². The third-order valence-corrected chi connectivity index (χ3v) is 4.71. The number of nitrogens with one attached hydrogen (secondary N) is 1. The van der Waals surface area contributed by atoms with Crippen LogP contribution in [0.25, 0.3) is 10.9 Å². The van der Waals surface area contributed by atoms with Crippen molar-refractivity contribution in [1.29, 1.82) is 0 Å². The Morgan fingerprint density at radius 2 is 1.34 bits per heavy atom. The van der Waals surface area contributed by atoms with Crippen LogP contribution < -0.4 is 29.0 Å². The number of methoxy groups -OCH3 is 5. The van der Waals surface area contributed by atoms with Gasteiger partial charge >= 0.3 is 0 Å². The highest BCUT2D eigenvalue weighted by atomic mass is 16.5. The number of amides is 1. The van der Waals surface area contributed by atoms with E-state index in [0.29, 0.717) is 40.1 Å². The van der Waals surface area contributed by atoms with Crippen LogP contribution in [0.4, 0.5) is 5.69 Å². The Balaban J connectivity index is 2.04. The lowest BCUT2D eigenvalue weighted by atomic mass is 10.2. The number of carbonyl (C=O) groups is 1. The summed E-state index contributed by atoms with van der Waals surface area (Å²) in [4.78, 5) is 13.0. The minimum Gasteiger partial charge on any atom is -0.496 e. The zero-order chi connectivity index (χ0) is 21.1. The molecule has 0 saturated heterocycles. The highest BCUT2D eigenvalue weighted by Gasteiger charge is 2.20. The standard InChI is InChI=1S/C21H24N2O6/c1-23-14(11-13-15(25-2)7-8-16(26-3)19(13)23)21(24)22-12-9-17(27-4)20(29-6)18(10-12)28-5/h7-11H,1-6H3,(H,22,24). The molecule has 1 amide bonds. The van der Waals surface area contributed by atoms with Gasteiger partial charge in [-0.2, -0.15) is 0 Å². The first-order valence-corrected chi connectivity index (χ1v) is 8.80. The van der Waals surface area contributed by atoms with E-state index in [4.69, 9.17) is 23.7 Å². The molecular weight excluding hydrogens is 376 g/mol. The number of benzene rings is 2. The van der Waals surface area contributed by atoms with Crippen molar-refractivity contribution in [2.24, 2.45) is 7.05 Å². The van der Waals surface area contributed by atoms with Gasteiger partial charge in [0.2, 0.25) is 5.75 Å². The van der Waals surface area contributed by atoms with Crippen LogP contribution in [0.1, 0.15) is 10.5 Å². The van der Waals surface area contributed by atoms with Crippen LogP contribution in [0, 0.1) is 0 Å². The third-order valence-electron chi connectivity index (χ3n) is 4.71. The predicted octanol–water partition coefficient (Wildman–Crippen LogP) is 3.47. The van der Waals surface area contributed by atoms with E-state index in [9.17, 15) is 4.79 Å². The van der Waals surface area contributed by atoms with E-state index in [1.165, 1.54) is 21.3 Å². The molecule has 8 heteroatoms. The number of aromatic nitrogens is 1. The summed E-state index contributed by atoms with van der Waals surface area (Å²) < 4.78 is 28.7. The fourth-order valence-corrected chi connectivity index (χ4v) is 3.32. The lowest BCUT2D eigenvalue weighted by molar-refractivity contribution is 0.101. The molecule has 1 heterocycles. The Bertz CT molecular complexity index is 1030. The Morgan fingerprint density at radius 1 is 0.793 bits per heavy atom. The molecular formula is C21H24N2O6. The van der Waals surface area contributed by atoms with Crippen molar-refractivity contribution < 1.29 is 28.5 Å². The summed E-state index contributed by atoms with van der Waals surface area (Å²) in [7, 11) is 9.54. The summed E-state index contributed by atoms with van der Waals surface area (Å²) in [6.07, 6.45) is 0. The minimum atomic E-state index is -0.304. The predicted molar refractivity (Wildman–Crippen MR) is 110 cm³/mol. The number of carbonyl (C=O) groups excluding carboxylic acids is 1. The molecule has 0 aliphatic carbocycles. The van der Waals surface area contributed by atoms with E-state index >= 15 is 0 Å². The molecule has 0 aliphatic heterocycles. The number of nitrogens with zero attached hydrogens (tertiary/aromatic N) is 1. The topological polar surface area (TPSA) is 80.2 Å². The molecule has 0 atom stereocenters. The molecule has 0 spiro atoms. The third kappa shape index (κ3) is 3.49. The smallest absolute Gasteiger partial charge is 0.272 e. The maximum absolute atomic E-state index is 13.0. The molecule has 0 radical (unpaired) electrons. The van der Waals surface area contributed by atoms with Crippen LogP contribution in [-0.2, 0) is 7.05 Å². The van der Waals surface area contributed by atoms with E-state index < -0.39 is 0 Å². The fourth-order valence-electron chi connectivity index (χ4n) is 3.32. The average molecular weight is 400 g/mol. The van der Waals surface area contributed by atoms with Crippen molar-refractivity contribution in [2.45, 2.75) is 0 Å². The quantitative estimate of drug-likeness (QED) is 0.654. The number of hydrogen-bond acceptors (Lipinski definition) is 6. The van der Waals surface area contributed by atoms with Crippen LogP contribution in [0.5, 0.6) is 28.7 Å². The molecule has 0 unspecified atom stereocenters. The molecule has 0 saturated carbocycles. The van der Waals surface area contributed by atoms with Gasteiger partial charge in [-0.25, -0.2) is 0 Å². The molecule has 0 aliphatic rings. The number of ether oxygens (including phenoxy) is 5. The van der Waals surface area contributed by atoms with Crippen LogP contribution >= 0.6 is 0 Å². The van der Waals surface area contributed by atoms with E-state index in [1.54, 1.807) is 44.0 Å². The van der Waals surface area contributed by atoms with Gasteiger partial charge in [-0.1, -0.05) is 0 Å². The summed E-state index contributed by atoms with van der Waals surface area (Å²) in [5, 5.41) is 3.66. The Morgan fingerprint density at radius 3 is 1.86 bits per heavy atom. The Kier molecular flexibility index (Phi) is 5.72. The zero-order valence-corrected chi connectivity index (χ0v) is 17.3. The number of fused-ring (bicyclic) bond motifs is 1. The number of aryl methyl sites for hydroxylation is 1. The lowest BCUT2D eigenvalue weighted by Crippen LogP contribution is -2.15. The molecule has 1 aromatic heterocycles. The van der Waals surface area contributed by atoms with Gasteiger partial charge < -0.3 is 33.6 Å². The second kappa shape index (κ2) is 8.22. The fraction of sp³-hybridized carbons (Fsp3) is 0.286. The van der Waals surface area contributed by atoms with Crippen LogP contribution in [0.3, 0.4) is 0 Å². The number of hydrogen-bond donors (Lipinski definition) is 1. The van der Waals surface area contributed by atoms with Gasteiger partial charge in [-0.05, 0) is 18.2 Å². The second-order valence-corrected chi connectivity index (χ2v) is 6.19. The lowest BCUT2D eigenvalue weighted by Gasteiger charge is -2.15. The molecule has 8 nitrogen and oxygen atoms in total. The van der Waals surface area contributed by atoms with Gasteiger partial charge in [0.15, 0.2) is 11.5 Å². The first kappa shape index (κ1) is 20.2. The molecule has 3 aromatic rings. The molecule has 1 N–H and O–H groups in total. The summed E-state index contributed by atoms with van der Waals surface area (Å²) >= 11 is 0. The van der Waals surface area contributed by atoms with Gasteiger partial charge in [0.1, 0.15) is 17.2 Å². The van der Waals surface area contributed by atoms with E-state index in [2.05, 4.69) is 5.32 Å². The molecule has 154 valence electrons. The molecule has 29 heavy (non-hydrogen) atoms. The maximum Gasteiger partial charge on any atom is 0.272 e. The summed E-state index contributed by atoms with van der Waals surface area (Å²) in [5.41, 5.74) is 1.71. The first-order valence-electron chi connectivity index (χ1n) is 8.80. The molecule has 0 fully saturated rings. The minimum absolute atomic E-state index is 0.304. The van der Waals surface area contributed by atoms with Crippen molar-refractivity contribution >= 4 is 22.5 Å². The van der Waals surface area contributed by atoms with Gasteiger partial charge in [0.25, 0.3) is 5.91 Å². The van der Waals surface area contributed by atoms with Gasteiger partial charge in [-0.15, -0.1) is 0 Å². The highest BCUT2D eigenvalue weighted by molar-refractivity contribution is 6.08. The largest absolute Gasteiger partial charge is 0.496 e. The van der Waals surface area contributed by atoms with Crippen molar-refractivity contribution in [3.8, 4) is 28.7 Å². The number of rotatable bonds is 7. The van der Waals surface area contributed by atoms with Crippen LogP contribution in [-0.4, -0.2) is 46.0 Å². The average Bonchev–Trinajstić information content (AvgIpc) is 3.10. The zero-order valence-electron chi connectivity index (χ0n) is 17.3. The van der Waals surface area contributed by atoms with Gasteiger partial charge in [-0.3, -0.25) is 4.79 Å². The van der Waals surface area contributed by atoms with Gasteiger partial charge in [0.05, 0.1) is 41.1 Å². The Hall–Kier alpha value is -3.55. The second-order valence-electron chi connectivity index (χ2n) is 6.19. The number of anilines is 1. The monoisotopic (exact) mass is 400 g/mol. The maximum atomic E-state index is 13.0. The normalized spacial score (nSPS) is 10.6.